The minimum absolute atomic E-state index is 0.719. The molecule has 0 N–H and O–H groups in total. The summed E-state index contributed by atoms with van der Waals surface area (Å²) in [5.41, 5.74) is 3.94. The van der Waals surface area contributed by atoms with Crippen LogP contribution in [0.15, 0.2) is 83.3 Å². The molecule has 0 radical (unpaired) electrons. The van der Waals surface area contributed by atoms with Gasteiger partial charge in [-0.15, -0.1) is 0 Å². The van der Waals surface area contributed by atoms with Crippen LogP contribution in [0.1, 0.15) is 11.3 Å². The predicted molar refractivity (Wildman–Crippen MR) is 115 cm³/mol. The van der Waals surface area contributed by atoms with Gasteiger partial charge in [0.15, 0.2) is 0 Å². The molecular formula is C25H21O3+. The summed E-state index contributed by atoms with van der Waals surface area (Å²) in [5.74, 6) is 2.33. The zero-order chi connectivity index (χ0) is 19.3. The molecule has 0 unspecified atom stereocenters. The fourth-order valence-corrected chi connectivity index (χ4v) is 3.16. The molecule has 4 aromatic rings. The Kier molecular flexibility index (Phi) is 5.07. The Labute approximate surface area is 164 Å². The van der Waals surface area contributed by atoms with Crippen LogP contribution in [0.3, 0.4) is 0 Å². The van der Waals surface area contributed by atoms with E-state index in [4.69, 9.17) is 13.9 Å². The van der Waals surface area contributed by atoms with Crippen LogP contribution in [-0.4, -0.2) is 14.2 Å². The van der Waals surface area contributed by atoms with Gasteiger partial charge in [0.2, 0.25) is 5.75 Å². The lowest BCUT2D eigenvalue weighted by Gasteiger charge is -2.03. The first kappa shape index (κ1) is 17.8. The fraction of sp³-hybridized carbons (Fsp3) is 0.0800. The number of methoxy groups -OCH3 is 2. The molecule has 1 aromatic heterocycles. The van der Waals surface area contributed by atoms with E-state index in [0.29, 0.717) is 0 Å². The zero-order valence-corrected chi connectivity index (χ0v) is 15.9. The van der Waals surface area contributed by atoms with Gasteiger partial charge in [0.1, 0.15) is 5.75 Å². The standard InChI is InChI=1S/C25H21O3/c1-26-21-14-11-18(12-15-21)13-16-23-22(19-7-4-3-5-8-19)17-20-9-6-10-24(27-2)25(20)28-23/h3-17H,1-2H3/q+1. The lowest BCUT2D eigenvalue weighted by atomic mass is 10.0. The van der Waals surface area contributed by atoms with Gasteiger partial charge in [-0.05, 0) is 47.5 Å². The lowest BCUT2D eigenvalue weighted by molar-refractivity contribution is 0.409. The van der Waals surface area contributed by atoms with Crippen molar-refractivity contribution in [2.75, 3.05) is 14.2 Å². The Morgan fingerprint density at radius 3 is 2.25 bits per heavy atom. The molecule has 0 aliphatic heterocycles. The number of para-hydroxylation sites is 1. The quantitative estimate of drug-likeness (QED) is 0.373. The van der Waals surface area contributed by atoms with Crippen LogP contribution in [0.25, 0.3) is 34.2 Å². The van der Waals surface area contributed by atoms with Gasteiger partial charge in [0, 0.05) is 6.08 Å². The number of hydrogen-bond acceptors (Lipinski definition) is 2. The minimum Gasteiger partial charge on any atom is -0.497 e. The fourth-order valence-electron chi connectivity index (χ4n) is 3.16. The third kappa shape index (κ3) is 3.60. The Bertz CT molecular complexity index is 1110. The molecule has 28 heavy (non-hydrogen) atoms. The first-order valence-electron chi connectivity index (χ1n) is 9.10. The SMILES string of the molecule is COc1ccc(C=Cc2[o+]c3c(OC)cccc3cc2-c2ccccc2)cc1. The van der Waals surface area contributed by atoms with Crippen molar-refractivity contribution >= 4 is 23.1 Å². The monoisotopic (exact) mass is 369 g/mol. The van der Waals surface area contributed by atoms with Crippen molar-refractivity contribution in [1.29, 1.82) is 0 Å². The van der Waals surface area contributed by atoms with E-state index in [9.17, 15) is 0 Å². The van der Waals surface area contributed by atoms with E-state index in [1.165, 1.54) is 0 Å². The van der Waals surface area contributed by atoms with Crippen LogP contribution in [0.5, 0.6) is 11.5 Å². The third-order valence-corrected chi connectivity index (χ3v) is 4.63. The molecule has 3 heteroatoms. The van der Waals surface area contributed by atoms with Crippen molar-refractivity contribution in [3.63, 3.8) is 0 Å². The van der Waals surface area contributed by atoms with Gasteiger partial charge >= 0.3 is 11.3 Å². The lowest BCUT2D eigenvalue weighted by Crippen LogP contribution is -1.89. The highest BCUT2D eigenvalue weighted by atomic mass is 16.5. The molecule has 0 spiro atoms. The van der Waals surface area contributed by atoms with Crippen molar-refractivity contribution in [1.82, 2.24) is 0 Å². The molecule has 0 aliphatic carbocycles. The second-order valence-electron chi connectivity index (χ2n) is 6.38. The molecule has 0 fully saturated rings. The maximum absolute atomic E-state index is 6.30. The van der Waals surface area contributed by atoms with Gasteiger partial charge in [-0.3, -0.25) is 0 Å². The summed E-state index contributed by atoms with van der Waals surface area (Å²) in [4.78, 5) is 0. The molecule has 0 saturated heterocycles. The van der Waals surface area contributed by atoms with Crippen molar-refractivity contribution in [3.05, 3.63) is 90.2 Å². The average Bonchev–Trinajstić information content (AvgIpc) is 2.77. The van der Waals surface area contributed by atoms with Crippen LogP contribution < -0.4 is 9.47 Å². The van der Waals surface area contributed by atoms with E-state index in [0.717, 1.165) is 44.9 Å². The maximum atomic E-state index is 6.30. The average molecular weight is 369 g/mol. The number of benzene rings is 3. The number of rotatable bonds is 5. The van der Waals surface area contributed by atoms with Crippen molar-refractivity contribution in [2.24, 2.45) is 0 Å². The summed E-state index contributed by atoms with van der Waals surface area (Å²) >= 11 is 0. The topological polar surface area (TPSA) is 29.8 Å². The Hall–Kier alpha value is -3.59. The summed E-state index contributed by atoms with van der Waals surface area (Å²) in [5, 5.41) is 1.000. The molecule has 4 rings (SSSR count). The predicted octanol–water partition coefficient (Wildman–Crippen LogP) is 6.57. The van der Waals surface area contributed by atoms with E-state index in [1.54, 1.807) is 14.2 Å². The third-order valence-electron chi connectivity index (χ3n) is 4.63. The van der Waals surface area contributed by atoms with E-state index < -0.39 is 0 Å². The van der Waals surface area contributed by atoms with Crippen molar-refractivity contribution < 1.29 is 13.9 Å². The molecule has 0 amide bonds. The van der Waals surface area contributed by atoms with Crippen LogP contribution in [-0.2, 0) is 0 Å². The summed E-state index contributed by atoms with van der Waals surface area (Å²) in [6, 6.07) is 26.2. The highest BCUT2D eigenvalue weighted by molar-refractivity contribution is 5.90. The van der Waals surface area contributed by atoms with Gasteiger partial charge in [-0.25, -0.2) is 4.42 Å². The molecule has 0 bridgehead atoms. The van der Waals surface area contributed by atoms with Crippen molar-refractivity contribution in [2.45, 2.75) is 0 Å². The van der Waals surface area contributed by atoms with Gasteiger partial charge in [0.05, 0.1) is 25.2 Å². The van der Waals surface area contributed by atoms with E-state index >= 15 is 0 Å². The normalized spacial score (nSPS) is 11.1. The van der Waals surface area contributed by atoms with Gasteiger partial charge in [-0.2, -0.15) is 0 Å². The maximum Gasteiger partial charge on any atom is 0.402 e. The number of fused-ring (bicyclic) bond motifs is 1. The van der Waals surface area contributed by atoms with Gasteiger partial charge < -0.3 is 9.47 Å². The first-order chi connectivity index (χ1) is 13.8. The summed E-state index contributed by atoms with van der Waals surface area (Å²) < 4.78 is 17.0. The highest BCUT2D eigenvalue weighted by Crippen LogP contribution is 2.34. The Morgan fingerprint density at radius 1 is 0.750 bits per heavy atom. The second kappa shape index (κ2) is 7.97. The first-order valence-corrected chi connectivity index (χ1v) is 9.10. The van der Waals surface area contributed by atoms with E-state index in [2.05, 4.69) is 18.2 Å². The molecular weight excluding hydrogens is 348 g/mol. The zero-order valence-electron chi connectivity index (χ0n) is 15.9. The number of hydrogen-bond donors (Lipinski definition) is 0. The van der Waals surface area contributed by atoms with Gasteiger partial charge in [0.25, 0.3) is 0 Å². The molecule has 0 saturated carbocycles. The molecule has 3 nitrogen and oxygen atoms in total. The molecule has 138 valence electrons. The smallest absolute Gasteiger partial charge is 0.402 e. The van der Waals surface area contributed by atoms with Crippen LogP contribution in [0.2, 0.25) is 0 Å². The van der Waals surface area contributed by atoms with Gasteiger partial charge in [-0.1, -0.05) is 48.5 Å². The molecule has 0 aliphatic rings. The number of ether oxygens (including phenoxy) is 2. The van der Waals surface area contributed by atoms with E-state index in [-0.39, 0.29) is 0 Å². The molecule has 3 aromatic carbocycles. The van der Waals surface area contributed by atoms with E-state index in [1.807, 2.05) is 72.8 Å². The molecule has 1 heterocycles. The minimum atomic E-state index is 0.719. The summed E-state index contributed by atoms with van der Waals surface area (Å²) in [6.45, 7) is 0. The highest BCUT2D eigenvalue weighted by Gasteiger charge is 2.21. The Balaban J connectivity index is 1.84. The summed E-state index contributed by atoms with van der Waals surface area (Å²) in [6.07, 6.45) is 4.03. The summed E-state index contributed by atoms with van der Waals surface area (Å²) in [7, 11) is 3.32. The van der Waals surface area contributed by atoms with Crippen LogP contribution in [0, 0.1) is 0 Å². The Morgan fingerprint density at radius 2 is 1.54 bits per heavy atom. The van der Waals surface area contributed by atoms with Crippen molar-refractivity contribution in [3.8, 4) is 22.6 Å². The second-order valence-corrected chi connectivity index (χ2v) is 6.38. The largest absolute Gasteiger partial charge is 0.497 e. The molecule has 0 atom stereocenters. The van der Waals surface area contributed by atoms with Crippen LogP contribution in [0.4, 0.5) is 0 Å². The van der Waals surface area contributed by atoms with Crippen LogP contribution >= 0.6 is 0 Å².